The second-order valence-corrected chi connectivity index (χ2v) is 4.86. The summed E-state index contributed by atoms with van der Waals surface area (Å²) in [5, 5.41) is 0. The van der Waals surface area contributed by atoms with Crippen LogP contribution in [0, 0.1) is 0 Å². The predicted octanol–water partition coefficient (Wildman–Crippen LogP) is 2.01. The van der Waals surface area contributed by atoms with Crippen molar-refractivity contribution in [3.63, 3.8) is 0 Å². The van der Waals surface area contributed by atoms with Gasteiger partial charge in [0.05, 0.1) is 6.61 Å². The largest absolute Gasteiger partial charge is 0.400 e. The Hall–Kier alpha value is -0.130. The maximum absolute atomic E-state index is 10.7. The first-order chi connectivity index (χ1) is 6.64. The fourth-order valence-corrected chi connectivity index (χ4v) is 2.35. The van der Waals surface area contributed by atoms with E-state index in [1.54, 1.807) is 0 Å². The molecule has 4 nitrogen and oxygen atoms in total. The fraction of sp³-hybridized carbons (Fsp3) is 1.00. The van der Waals surface area contributed by atoms with Crippen LogP contribution in [0.15, 0.2) is 0 Å². The van der Waals surface area contributed by atoms with E-state index < -0.39 is 10.4 Å². The Bertz CT molecular complexity index is 248. The van der Waals surface area contributed by atoms with Crippen molar-refractivity contribution in [3.8, 4) is 0 Å². The Morgan fingerprint density at radius 3 is 2.50 bits per heavy atom. The zero-order valence-corrected chi connectivity index (χ0v) is 9.38. The summed E-state index contributed by atoms with van der Waals surface area (Å²) in [7, 11) is -3.64. The van der Waals surface area contributed by atoms with Crippen molar-refractivity contribution < 1.29 is 16.8 Å². The highest BCUT2D eigenvalue weighted by Crippen LogP contribution is 2.18. The minimum atomic E-state index is -3.64. The summed E-state index contributed by atoms with van der Waals surface area (Å²) in [6.45, 7) is 2.36. The summed E-state index contributed by atoms with van der Waals surface area (Å²) in [6.07, 6.45) is 6.39. The van der Waals surface area contributed by atoms with Gasteiger partial charge in [0.25, 0.3) is 0 Å². The molecule has 0 radical (unpaired) electrons. The summed E-state index contributed by atoms with van der Waals surface area (Å²) in [5.41, 5.74) is 0. The van der Waals surface area contributed by atoms with E-state index in [9.17, 15) is 8.42 Å². The van der Waals surface area contributed by atoms with Crippen LogP contribution in [-0.4, -0.2) is 21.1 Å². The Morgan fingerprint density at radius 2 is 1.93 bits per heavy atom. The van der Waals surface area contributed by atoms with Gasteiger partial charge in [0.15, 0.2) is 0 Å². The van der Waals surface area contributed by atoms with Crippen molar-refractivity contribution in [1.82, 2.24) is 0 Å². The molecule has 0 amide bonds. The highest BCUT2D eigenvalue weighted by atomic mass is 32.3. The third-order valence-electron chi connectivity index (χ3n) is 2.28. The molecular weight excluding hydrogens is 204 g/mol. The Kier molecular flexibility index (Phi) is 4.84. The molecule has 0 aromatic heterocycles. The third kappa shape index (κ3) is 4.39. The second kappa shape index (κ2) is 5.68. The van der Waals surface area contributed by atoms with Gasteiger partial charge < -0.3 is 0 Å². The molecule has 84 valence electrons. The first-order valence-electron chi connectivity index (χ1n) is 5.21. The molecule has 1 saturated heterocycles. The number of hydrogen-bond acceptors (Lipinski definition) is 4. The molecular formula is C9H18O4S. The first-order valence-corrected chi connectivity index (χ1v) is 6.55. The van der Waals surface area contributed by atoms with Crippen molar-refractivity contribution in [3.05, 3.63) is 0 Å². The van der Waals surface area contributed by atoms with Crippen LogP contribution in [0.2, 0.25) is 0 Å². The number of hydrogen-bond donors (Lipinski definition) is 0. The Labute approximate surface area is 85.9 Å². The molecule has 0 aromatic rings. The summed E-state index contributed by atoms with van der Waals surface area (Å²) in [5.74, 6) is 0. The van der Waals surface area contributed by atoms with Gasteiger partial charge in [0, 0.05) is 0 Å². The summed E-state index contributed by atoms with van der Waals surface area (Å²) in [6, 6.07) is 0. The van der Waals surface area contributed by atoms with E-state index in [1.165, 1.54) is 19.3 Å². The highest BCUT2D eigenvalue weighted by Gasteiger charge is 2.29. The fourth-order valence-electron chi connectivity index (χ4n) is 1.49. The van der Waals surface area contributed by atoms with Gasteiger partial charge >= 0.3 is 10.4 Å². The number of unbranched alkanes of at least 4 members (excludes halogenated alkanes) is 4. The monoisotopic (exact) mass is 222 g/mol. The zero-order chi connectivity index (χ0) is 10.4. The second-order valence-electron chi connectivity index (χ2n) is 3.61. The van der Waals surface area contributed by atoms with Crippen LogP contribution in [0.4, 0.5) is 0 Å². The van der Waals surface area contributed by atoms with Crippen LogP contribution in [0.5, 0.6) is 0 Å². The predicted molar refractivity (Wildman–Crippen MR) is 53.1 cm³/mol. The quantitative estimate of drug-likeness (QED) is 0.645. The molecule has 5 heteroatoms. The third-order valence-corrected chi connectivity index (χ3v) is 3.21. The SMILES string of the molecule is CCCCCCC[C@@H]1COS(=O)(=O)O1. The molecule has 0 unspecified atom stereocenters. The molecule has 1 fully saturated rings. The van der Waals surface area contributed by atoms with Crippen molar-refractivity contribution in [2.75, 3.05) is 6.61 Å². The topological polar surface area (TPSA) is 52.6 Å². The van der Waals surface area contributed by atoms with Crippen LogP contribution >= 0.6 is 0 Å². The molecule has 0 saturated carbocycles. The molecule has 1 heterocycles. The molecule has 1 rings (SSSR count). The van der Waals surface area contributed by atoms with Crippen LogP contribution in [0.25, 0.3) is 0 Å². The zero-order valence-electron chi connectivity index (χ0n) is 8.57. The van der Waals surface area contributed by atoms with E-state index in [4.69, 9.17) is 4.18 Å². The lowest BCUT2D eigenvalue weighted by atomic mass is 10.1. The molecule has 1 atom stereocenters. The van der Waals surface area contributed by atoms with E-state index in [0.29, 0.717) is 0 Å². The van der Waals surface area contributed by atoms with Crippen molar-refractivity contribution in [2.24, 2.45) is 0 Å². The van der Waals surface area contributed by atoms with E-state index in [-0.39, 0.29) is 12.7 Å². The molecule has 0 aromatic carbocycles. The summed E-state index contributed by atoms with van der Waals surface area (Å²) in [4.78, 5) is 0. The molecule has 0 bridgehead atoms. The lowest BCUT2D eigenvalue weighted by Gasteiger charge is -2.04. The van der Waals surface area contributed by atoms with Gasteiger partial charge in [-0.15, -0.1) is 0 Å². The van der Waals surface area contributed by atoms with Gasteiger partial charge in [-0.2, -0.15) is 8.42 Å². The average Bonchev–Trinajstić information content (AvgIpc) is 2.45. The van der Waals surface area contributed by atoms with E-state index in [1.807, 2.05) is 0 Å². The van der Waals surface area contributed by atoms with E-state index in [2.05, 4.69) is 11.1 Å². The molecule has 0 N–H and O–H groups in total. The smallest absolute Gasteiger partial charge is 0.245 e. The lowest BCUT2D eigenvalue weighted by molar-refractivity contribution is 0.218. The van der Waals surface area contributed by atoms with E-state index >= 15 is 0 Å². The molecule has 0 spiro atoms. The summed E-state index contributed by atoms with van der Waals surface area (Å²) >= 11 is 0. The first kappa shape index (κ1) is 11.9. The van der Waals surface area contributed by atoms with Gasteiger partial charge in [-0.05, 0) is 6.42 Å². The highest BCUT2D eigenvalue weighted by molar-refractivity contribution is 7.82. The molecule has 1 aliphatic heterocycles. The van der Waals surface area contributed by atoms with Gasteiger partial charge in [0.1, 0.15) is 6.10 Å². The standard InChI is InChI=1S/C9H18O4S/c1-2-3-4-5-6-7-9-8-12-14(10,11)13-9/h9H,2-8H2,1H3/t9-/m1/s1. The lowest BCUT2D eigenvalue weighted by Crippen LogP contribution is -2.09. The van der Waals surface area contributed by atoms with Gasteiger partial charge in [-0.1, -0.05) is 39.0 Å². The van der Waals surface area contributed by atoms with E-state index in [0.717, 1.165) is 19.3 Å². The maximum atomic E-state index is 10.7. The van der Waals surface area contributed by atoms with Crippen LogP contribution < -0.4 is 0 Å². The summed E-state index contributed by atoms with van der Waals surface area (Å²) < 4.78 is 30.6. The van der Waals surface area contributed by atoms with Gasteiger partial charge in [-0.3, -0.25) is 0 Å². The van der Waals surface area contributed by atoms with Crippen molar-refractivity contribution >= 4 is 10.4 Å². The average molecular weight is 222 g/mol. The Balaban J connectivity index is 2.03. The normalized spacial score (nSPS) is 25.4. The maximum Gasteiger partial charge on any atom is 0.400 e. The van der Waals surface area contributed by atoms with Crippen molar-refractivity contribution in [2.45, 2.75) is 51.6 Å². The number of rotatable bonds is 6. The minimum absolute atomic E-state index is 0.191. The van der Waals surface area contributed by atoms with Crippen LogP contribution in [-0.2, 0) is 18.8 Å². The molecule has 14 heavy (non-hydrogen) atoms. The molecule has 0 aliphatic carbocycles. The van der Waals surface area contributed by atoms with Crippen LogP contribution in [0.3, 0.4) is 0 Å². The van der Waals surface area contributed by atoms with Gasteiger partial charge in [0.2, 0.25) is 0 Å². The molecule has 1 aliphatic rings. The van der Waals surface area contributed by atoms with Crippen LogP contribution in [0.1, 0.15) is 45.4 Å². The van der Waals surface area contributed by atoms with Gasteiger partial charge in [-0.25, -0.2) is 8.37 Å². The van der Waals surface area contributed by atoms with Crippen molar-refractivity contribution in [1.29, 1.82) is 0 Å². The Morgan fingerprint density at radius 1 is 1.21 bits per heavy atom. The minimum Gasteiger partial charge on any atom is -0.245 e.